The molecule has 0 aliphatic heterocycles. The van der Waals surface area contributed by atoms with E-state index in [1.54, 1.807) is 6.07 Å². The molecule has 1 rings (SSSR count). The molecule has 0 aromatic heterocycles. The van der Waals surface area contributed by atoms with E-state index >= 15 is 0 Å². The van der Waals surface area contributed by atoms with Crippen molar-refractivity contribution >= 4 is 26.0 Å². The minimum atomic E-state index is -3.80. The molecule has 0 saturated carbocycles. The Hall–Kier alpha value is -0.940. The number of sulfonamides is 1. The average molecular weight is 347 g/mol. The molecule has 7 heteroatoms. The minimum Gasteiger partial charge on any atom is -0.389 e. The number of nitriles is 1. The minimum absolute atomic E-state index is 0.0593. The molecule has 0 spiro atoms. The van der Waals surface area contributed by atoms with Gasteiger partial charge in [-0.3, -0.25) is 0 Å². The van der Waals surface area contributed by atoms with Crippen LogP contribution in [0.4, 0.5) is 0 Å². The number of rotatable bonds is 4. The van der Waals surface area contributed by atoms with Crippen LogP contribution in [0.1, 0.15) is 19.4 Å². The van der Waals surface area contributed by atoms with E-state index < -0.39 is 15.6 Å². The molecule has 0 bridgehead atoms. The second kappa shape index (κ2) is 5.59. The molecule has 0 unspecified atom stereocenters. The van der Waals surface area contributed by atoms with Gasteiger partial charge in [-0.05, 0) is 32.0 Å². The van der Waals surface area contributed by atoms with E-state index in [0.29, 0.717) is 4.47 Å². The molecule has 0 amide bonds. The zero-order chi connectivity index (χ0) is 14.8. The van der Waals surface area contributed by atoms with Crippen LogP contribution >= 0.6 is 15.9 Å². The van der Waals surface area contributed by atoms with Gasteiger partial charge in [0.2, 0.25) is 10.0 Å². The van der Waals surface area contributed by atoms with Gasteiger partial charge in [-0.1, -0.05) is 15.9 Å². The van der Waals surface area contributed by atoms with Crippen molar-refractivity contribution in [2.24, 2.45) is 0 Å². The Bertz CT molecular complexity index is 615. The largest absolute Gasteiger partial charge is 0.389 e. The Labute approximate surface area is 121 Å². The smallest absolute Gasteiger partial charge is 0.244 e. The first kappa shape index (κ1) is 16.1. The lowest BCUT2D eigenvalue weighted by molar-refractivity contribution is 0.0640. The van der Waals surface area contributed by atoms with Crippen molar-refractivity contribution in [2.45, 2.75) is 24.3 Å². The molecule has 0 aliphatic rings. The van der Waals surface area contributed by atoms with Crippen molar-refractivity contribution < 1.29 is 13.5 Å². The van der Waals surface area contributed by atoms with Crippen LogP contribution in [0.2, 0.25) is 0 Å². The summed E-state index contributed by atoms with van der Waals surface area (Å²) in [6.45, 7) is 2.98. The van der Waals surface area contributed by atoms with E-state index in [1.165, 1.54) is 33.0 Å². The van der Waals surface area contributed by atoms with Gasteiger partial charge in [-0.25, -0.2) is 8.42 Å². The topological polar surface area (TPSA) is 81.4 Å². The van der Waals surface area contributed by atoms with Crippen LogP contribution in [0.3, 0.4) is 0 Å². The summed E-state index contributed by atoms with van der Waals surface area (Å²) in [4.78, 5) is -0.0649. The lowest BCUT2D eigenvalue weighted by atomic mass is 10.1. The molecule has 0 atom stereocenters. The first-order chi connectivity index (χ1) is 8.58. The number of hydrogen-bond donors (Lipinski definition) is 1. The summed E-state index contributed by atoms with van der Waals surface area (Å²) in [5.74, 6) is 0. The molecule has 0 aliphatic carbocycles. The molecule has 0 fully saturated rings. The molecule has 104 valence electrons. The summed E-state index contributed by atoms with van der Waals surface area (Å²) >= 11 is 3.19. The first-order valence-electron chi connectivity index (χ1n) is 5.46. The quantitative estimate of drug-likeness (QED) is 0.899. The second-order valence-corrected chi connectivity index (χ2v) is 7.75. The Morgan fingerprint density at radius 2 is 2.05 bits per heavy atom. The number of halogens is 1. The highest BCUT2D eigenvalue weighted by Crippen LogP contribution is 2.23. The number of hydrogen-bond acceptors (Lipinski definition) is 4. The normalized spacial score (nSPS) is 12.5. The van der Waals surface area contributed by atoms with Gasteiger partial charge in [-0.15, -0.1) is 0 Å². The molecule has 0 radical (unpaired) electrons. The third kappa shape index (κ3) is 4.01. The van der Waals surface area contributed by atoms with Gasteiger partial charge in [0, 0.05) is 18.1 Å². The highest BCUT2D eigenvalue weighted by Gasteiger charge is 2.28. The zero-order valence-electron chi connectivity index (χ0n) is 10.9. The van der Waals surface area contributed by atoms with Gasteiger partial charge in [-0.2, -0.15) is 9.57 Å². The van der Waals surface area contributed by atoms with Crippen molar-refractivity contribution in [1.82, 2.24) is 4.31 Å². The van der Waals surface area contributed by atoms with Gasteiger partial charge in [0.1, 0.15) is 11.0 Å². The van der Waals surface area contributed by atoms with Gasteiger partial charge < -0.3 is 5.11 Å². The number of nitrogens with zero attached hydrogens (tertiary/aromatic N) is 2. The number of likely N-dealkylation sites (N-methyl/N-ethyl adjacent to an activating group) is 1. The van der Waals surface area contributed by atoms with Crippen LogP contribution in [-0.4, -0.2) is 37.0 Å². The molecule has 1 aromatic rings. The summed E-state index contributed by atoms with van der Waals surface area (Å²) in [6.07, 6.45) is 0. The summed E-state index contributed by atoms with van der Waals surface area (Å²) in [5, 5.41) is 18.7. The third-order valence-corrected chi connectivity index (χ3v) is 4.71. The lowest BCUT2D eigenvalue weighted by Crippen LogP contribution is -2.39. The van der Waals surface area contributed by atoms with Crippen LogP contribution in [0.15, 0.2) is 27.6 Å². The van der Waals surface area contributed by atoms with Crippen molar-refractivity contribution in [3.05, 3.63) is 28.2 Å². The fourth-order valence-electron chi connectivity index (χ4n) is 1.61. The Balaban J connectivity index is 3.25. The standard InChI is InChI=1S/C12H15BrN2O3S/c1-12(2,16)8-15(3)19(17,18)11-5-4-10(13)6-9(11)7-14/h4-6,16H,8H2,1-3H3. The maximum Gasteiger partial charge on any atom is 0.244 e. The van der Waals surface area contributed by atoms with Crippen molar-refractivity contribution in [3.63, 3.8) is 0 Å². The average Bonchev–Trinajstić information content (AvgIpc) is 2.26. The van der Waals surface area contributed by atoms with Crippen LogP contribution in [0, 0.1) is 11.3 Å². The van der Waals surface area contributed by atoms with Crippen molar-refractivity contribution in [3.8, 4) is 6.07 Å². The maximum absolute atomic E-state index is 12.3. The second-order valence-electron chi connectivity index (χ2n) is 4.83. The SMILES string of the molecule is CN(CC(C)(C)O)S(=O)(=O)c1ccc(Br)cc1C#N. The van der Waals surface area contributed by atoms with Crippen molar-refractivity contribution in [2.75, 3.05) is 13.6 Å². The van der Waals surface area contributed by atoms with Gasteiger partial charge >= 0.3 is 0 Å². The van der Waals surface area contributed by atoms with Gasteiger partial charge in [0.15, 0.2) is 0 Å². The molecular formula is C12H15BrN2O3S. The molecular weight excluding hydrogens is 332 g/mol. The number of benzene rings is 1. The predicted molar refractivity (Wildman–Crippen MR) is 75.0 cm³/mol. The van der Waals surface area contributed by atoms with Crippen LogP contribution in [-0.2, 0) is 10.0 Å². The van der Waals surface area contributed by atoms with E-state index in [2.05, 4.69) is 15.9 Å². The summed E-state index contributed by atoms with van der Waals surface area (Å²) in [6, 6.07) is 6.25. The van der Waals surface area contributed by atoms with E-state index in [9.17, 15) is 13.5 Å². The number of aliphatic hydroxyl groups is 1. The Morgan fingerprint density at radius 1 is 1.47 bits per heavy atom. The van der Waals surface area contributed by atoms with Crippen LogP contribution < -0.4 is 0 Å². The van der Waals surface area contributed by atoms with E-state index in [-0.39, 0.29) is 17.0 Å². The molecule has 5 nitrogen and oxygen atoms in total. The van der Waals surface area contributed by atoms with Crippen LogP contribution in [0.25, 0.3) is 0 Å². The Morgan fingerprint density at radius 3 is 2.53 bits per heavy atom. The summed E-state index contributed by atoms with van der Waals surface area (Å²) in [7, 11) is -2.43. The van der Waals surface area contributed by atoms with Crippen LogP contribution in [0.5, 0.6) is 0 Å². The monoisotopic (exact) mass is 346 g/mol. The fraction of sp³-hybridized carbons (Fsp3) is 0.417. The predicted octanol–water partition coefficient (Wildman–Crippen LogP) is 1.71. The third-order valence-electron chi connectivity index (χ3n) is 2.36. The first-order valence-corrected chi connectivity index (χ1v) is 7.69. The van der Waals surface area contributed by atoms with E-state index in [4.69, 9.17) is 5.26 Å². The molecule has 0 heterocycles. The summed E-state index contributed by atoms with van der Waals surface area (Å²) in [5.41, 5.74) is -1.08. The molecule has 0 saturated heterocycles. The highest BCUT2D eigenvalue weighted by molar-refractivity contribution is 9.10. The molecule has 1 N–H and O–H groups in total. The fourth-order valence-corrected chi connectivity index (χ4v) is 3.42. The van der Waals surface area contributed by atoms with E-state index in [0.717, 1.165) is 4.31 Å². The summed E-state index contributed by atoms with van der Waals surface area (Å²) < 4.78 is 26.4. The Kier molecular flexibility index (Phi) is 4.74. The lowest BCUT2D eigenvalue weighted by Gasteiger charge is -2.25. The van der Waals surface area contributed by atoms with E-state index in [1.807, 2.05) is 6.07 Å². The van der Waals surface area contributed by atoms with Gasteiger partial charge in [0.25, 0.3) is 0 Å². The zero-order valence-corrected chi connectivity index (χ0v) is 13.3. The molecule has 1 aromatic carbocycles. The van der Waals surface area contributed by atoms with Gasteiger partial charge in [0.05, 0.1) is 11.2 Å². The maximum atomic E-state index is 12.3. The van der Waals surface area contributed by atoms with Crippen molar-refractivity contribution in [1.29, 1.82) is 5.26 Å². The highest BCUT2D eigenvalue weighted by atomic mass is 79.9. The molecule has 19 heavy (non-hydrogen) atoms.